The number of amides is 2. The number of carbonyl (C=O) groups is 2. The molecule has 10 heteroatoms. The summed E-state index contributed by atoms with van der Waals surface area (Å²) in [6.07, 6.45) is 8.35. The summed E-state index contributed by atoms with van der Waals surface area (Å²) in [5.74, 6) is 0.712. The first-order valence-corrected chi connectivity index (χ1v) is 11.9. The fourth-order valence-electron chi connectivity index (χ4n) is 4.56. The van der Waals surface area contributed by atoms with Crippen molar-refractivity contribution in [3.63, 3.8) is 0 Å². The Morgan fingerprint density at radius 3 is 2.58 bits per heavy atom. The number of benzene rings is 1. The van der Waals surface area contributed by atoms with Crippen molar-refractivity contribution >= 4 is 11.8 Å². The maximum absolute atomic E-state index is 12.9. The molecule has 1 aromatic heterocycles. The molecule has 0 spiro atoms. The van der Waals surface area contributed by atoms with Gasteiger partial charge in [0, 0.05) is 32.1 Å². The van der Waals surface area contributed by atoms with Crippen LogP contribution in [0.25, 0.3) is 5.69 Å². The molecule has 0 saturated carbocycles. The Hall–Kier alpha value is -3.01. The Balaban J connectivity index is 1.29. The molecule has 2 saturated heterocycles. The minimum Gasteiger partial charge on any atom is -0.484 e. The van der Waals surface area contributed by atoms with E-state index in [1.54, 1.807) is 16.8 Å². The maximum atomic E-state index is 12.9. The Morgan fingerprint density at radius 1 is 1.03 bits per heavy atom. The summed E-state index contributed by atoms with van der Waals surface area (Å²) in [4.78, 5) is 29.6. The fraction of sp³-hybridized carbons (Fsp3) is 0.609. The van der Waals surface area contributed by atoms with Crippen LogP contribution in [-0.4, -0.2) is 87.2 Å². The Bertz CT molecular complexity index is 888. The highest BCUT2D eigenvalue weighted by Crippen LogP contribution is 2.20. The van der Waals surface area contributed by atoms with Crippen LogP contribution in [0.4, 0.5) is 0 Å². The molecule has 1 N–H and O–H groups in total. The van der Waals surface area contributed by atoms with Crippen LogP contribution in [-0.2, 0) is 9.59 Å². The maximum Gasteiger partial charge on any atom is 0.260 e. The normalized spacial score (nSPS) is 21.2. The third kappa shape index (κ3) is 6.74. The van der Waals surface area contributed by atoms with Gasteiger partial charge in [0.25, 0.3) is 5.91 Å². The van der Waals surface area contributed by atoms with Gasteiger partial charge in [-0.2, -0.15) is 0 Å². The van der Waals surface area contributed by atoms with Crippen LogP contribution in [0.2, 0.25) is 0 Å². The van der Waals surface area contributed by atoms with Gasteiger partial charge in [-0.25, -0.2) is 4.68 Å². The average molecular weight is 456 g/mol. The van der Waals surface area contributed by atoms with Gasteiger partial charge in [-0.1, -0.05) is 6.42 Å². The van der Waals surface area contributed by atoms with E-state index < -0.39 is 0 Å². The molecule has 1 aromatic carbocycles. The van der Waals surface area contributed by atoms with Crippen LogP contribution >= 0.6 is 0 Å². The zero-order valence-corrected chi connectivity index (χ0v) is 19.1. The summed E-state index contributed by atoms with van der Waals surface area (Å²) in [7, 11) is 0. The Kier molecular flexibility index (Phi) is 8.24. The Morgan fingerprint density at radius 2 is 1.79 bits per heavy atom. The first-order chi connectivity index (χ1) is 16.2. The molecule has 0 radical (unpaired) electrons. The van der Waals surface area contributed by atoms with Crippen molar-refractivity contribution in [2.45, 2.75) is 51.0 Å². The average Bonchev–Trinajstić information content (AvgIpc) is 3.37. The fourth-order valence-corrected chi connectivity index (χ4v) is 4.56. The summed E-state index contributed by atoms with van der Waals surface area (Å²) in [6.45, 7) is 3.98. The molecule has 2 aromatic rings. The van der Waals surface area contributed by atoms with E-state index in [0.717, 1.165) is 44.5 Å². The molecule has 1 unspecified atom stereocenters. The second-order valence-corrected chi connectivity index (χ2v) is 8.72. The number of piperidine rings is 1. The van der Waals surface area contributed by atoms with Crippen LogP contribution < -0.4 is 10.1 Å². The van der Waals surface area contributed by atoms with Crippen LogP contribution in [0.1, 0.15) is 44.9 Å². The zero-order valence-electron chi connectivity index (χ0n) is 19.1. The largest absolute Gasteiger partial charge is 0.484 e. The topological polar surface area (TPSA) is 105 Å². The lowest BCUT2D eigenvalue weighted by molar-refractivity contribution is -0.133. The molecule has 4 rings (SSSR count). The summed E-state index contributed by atoms with van der Waals surface area (Å²) < 4.78 is 7.30. The second kappa shape index (κ2) is 11.7. The lowest BCUT2D eigenvalue weighted by Crippen LogP contribution is -2.43. The molecule has 1 atom stereocenters. The number of nitrogens with zero attached hydrogens (tertiary/aromatic N) is 6. The Labute approximate surface area is 194 Å². The monoisotopic (exact) mass is 455 g/mol. The smallest absolute Gasteiger partial charge is 0.260 e. The molecule has 2 amide bonds. The van der Waals surface area contributed by atoms with Crippen molar-refractivity contribution in [3.8, 4) is 11.4 Å². The molecule has 3 heterocycles. The quantitative estimate of drug-likeness (QED) is 0.743. The third-order valence-corrected chi connectivity index (χ3v) is 6.39. The molecular formula is C23H33N7O3. The van der Waals surface area contributed by atoms with Gasteiger partial charge in [0.1, 0.15) is 12.1 Å². The predicted octanol–water partition coefficient (Wildman–Crippen LogP) is 1.41. The lowest BCUT2D eigenvalue weighted by atomic mass is 9.98. The molecule has 10 nitrogen and oxygen atoms in total. The van der Waals surface area contributed by atoms with E-state index in [-0.39, 0.29) is 18.4 Å². The highest BCUT2D eigenvalue weighted by Gasteiger charge is 2.25. The molecule has 33 heavy (non-hydrogen) atoms. The van der Waals surface area contributed by atoms with Crippen LogP contribution in [0.15, 0.2) is 30.6 Å². The number of nitrogens with one attached hydrogen (secondary N) is 1. The van der Waals surface area contributed by atoms with E-state index in [2.05, 4.69) is 25.7 Å². The zero-order chi connectivity index (χ0) is 22.9. The first kappa shape index (κ1) is 23.2. The number of fused-ring (bicyclic) bond motifs is 1. The van der Waals surface area contributed by atoms with Crippen molar-refractivity contribution < 1.29 is 14.3 Å². The summed E-state index contributed by atoms with van der Waals surface area (Å²) in [5.41, 5.74) is 0.815. The second-order valence-electron chi connectivity index (χ2n) is 8.72. The van der Waals surface area contributed by atoms with E-state index >= 15 is 0 Å². The minimum absolute atomic E-state index is 0.00914. The standard InChI is InChI=1S/C23H33N7O3/c31-22-16-20-6-1-2-12-28(20)13-3-4-14-29(15-5-11-24-22)23(32)17-33-21-9-7-19(8-10-21)30-18-25-26-27-30/h7-10,18,20H,1-6,11-17H2,(H,24,31). The van der Waals surface area contributed by atoms with Crippen molar-refractivity contribution in [2.24, 2.45) is 0 Å². The molecular weight excluding hydrogens is 422 g/mol. The van der Waals surface area contributed by atoms with Crippen molar-refractivity contribution in [3.05, 3.63) is 30.6 Å². The molecule has 178 valence electrons. The number of aromatic nitrogens is 4. The van der Waals surface area contributed by atoms with Gasteiger partial charge in [-0.05, 0) is 79.9 Å². The van der Waals surface area contributed by atoms with Crippen LogP contribution in [0.3, 0.4) is 0 Å². The van der Waals surface area contributed by atoms with Gasteiger partial charge in [-0.15, -0.1) is 5.10 Å². The van der Waals surface area contributed by atoms with Crippen molar-refractivity contribution in [1.29, 1.82) is 0 Å². The van der Waals surface area contributed by atoms with E-state index in [9.17, 15) is 9.59 Å². The molecule has 2 fully saturated rings. The highest BCUT2D eigenvalue weighted by molar-refractivity contribution is 5.78. The molecule has 0 aliphatic carbocycles. The van der Waals surface area contributed by atoms with Crippen LogP contribution in [0, 0.1) is 0 Å². The van der Waals surface area contributed by atoms with Crippen LogP contribution in [0.5, 0.6) is 5.75 Å². The third-order valence-electron chi connectivity index (χ3n) is 6.39. The first-order valence-electron chi connectivity index (χ1n) is 11.9. The molecule has 2 aliphatic rings. The van der Waals surface area contributed by atoms with Crippen molar-refractivity contribution in [2.75, 3.05) is 39.3 Å². The summed E-state index contributed by atoms with van der Waals surface area (Å²) in [5, 5.41) is 14.1. The van der Waals surface area contributed by atoms with E-state index in [0.29, 0.717) is 37.8 Å². The number of ether oxygens (including phenoxy) is 1. The summed E-state index contributed by atoms with van der Waals surface area (Å²) >= 11 is 0. The predicted molar refractivity (Wildman–Crippen MR) is 122 cm³/mol. The minimum atomic E-state index is -0.0309. The van der Waals surface area contributed by atoms with Gasteiger partial charge in [-0.3, -0.25) is 14.5 Å². The van der Waals surface area contributed by atoms with E-state index in [4.69, 9.17) is 4.74 Å². The number of tetrazole rings is 1. The number of hydrogen-bond acceptors (Lipinski definition) is 7. The number of rotatable bonds is 4. The van der Waals surface area contributed by atoms with E-state index in [1.165, 1.54) is 19.2 Å². The number of carbonyl (C=O) groups excluding carboxylic acids is 2. The van der Waals surface area contributed by atoms with Gasteiger partial charge in [0.15, 0.2) is 6.61 Å². The van der Waals surface area contributed by atoms with Gasteiger partial charge < -0.3 is 15.0 Å². The van der Waals surface area contributed by atoms with E-state index in [1.807, 2.05) is 17.0 Å². The highest BCUT2D eigenvalue weighted by atomic mass is 16.5. The van der Waals surface area contributed by atoms with Gasteiger partial charge in [0.05, 0.1) is 5.69 Å². The number of hydrogen-bond donors (Lipinski definition) is 1. The molecule has 0 bridgehead atoms. The lowest BCUT2D eigenvalue weighted by Gasteiger charge is -2.35. The SMILES string of the molecule is O=C1CC2CCCCN2CCCCN(C(=O)COc2ccc(-n3cnnn3)cc2)CCCN1. The summed E-state index contributed by atoms with van der Waals surface area (Å²) in [6, 6.07) is 7.64. The van der Waals surface area contributed by atoms with Crippen molar-refractivity contribution in [1.82, 2.24) is 35.3 Å². The molecule has 2 aliphatic heterocycles. The van der Waals surface area contributed by atoms with Gasteiger partial charge in [0.2, 0.25) is 5.91 Å². The van der Waals surface area contributed by atoms with Gasteiger partial charge >= 0.3 is 0 Å².